The summed E-state index contributed by atoms with van der Waals surface area (Å²) >= 11 is -2.03. The zero-order valence-electron chi connectivity index (χ0n) is 17.3. The van der Waals surface area contributed by atoms with E-state index in [4.69, 9.17) is 13.2 Å². The number of furan rings is 1. The summed E-state index contributed by atoms with van der Waals surface area (Å²) in [5, 5.41) is 9.71. The standard InChI is InChI=1S/C22H19NO8S2/c1-14-22(33(28,29)31-17-7-5-15(6-8-17)13-32(26)27)21-18(16-9-10-30-12-16)3-2-4-19(21)23(14)11-20(24)25/h2-10,12H,11,13H2,1H3,(H,24,25)(H,26,27). The third kappa shape index (κ3) is 4.56. The second-order valence-electron chi connectivity index (χ2n) is 7.25. The molecule has 172 valence electrons. The third-order valence-electron chi connectivity index (χ3n) is 5.09. The number of carbonyl (C=O) groups is 1. The van der Waals surface area contributed by atoms with E-state index in [1.54, 1.807) is 24.3 Å². The quantitative estimate of drug-likeness (QED) is 0.282. The van der Waals surface area contributed by atoms with E-state index in [0.717, 1.165) is 0 Å². The fourth-order valence-electron chi connectivity index (χ4n) is 3.74. The van der Waals surface area contributed by atoms with Gasteiger partial charge in [-0.3, -0.25) is 4.79 Å². The molecule has 0 saturated carbocycles. The van der Waals surface area contributed by atoms with E-state index in [1.807, 2.05) is 0 Å². The predicted octanol–water partition coefficient (Wildman–Crippen LogP) is 3.78. The lowest BCUT2D eigenvalue weighted by Crippen LogP contribution is -2.13. The lowest BCUT2D eigenvalue weighted by atomic mass is 10.0. The largest absolute Gasteiger partial charge is 0.480 e. The van der Waals surface area contributed by atoms with Crippen molar-refractivity contribution >= 4 is 38.1 Å². The van der Waals surface area contributed by atoms with Crippen molar-refractivity contribution in [3.63, 3.8) is 0 Å². The molecule has 0 aliphatic rings. The molecule has 0 saturated heterocycles. The van der Waals surface area contributed by atoms with E-state index in [2.05, 4.69) is 0 Å². The number of aromatic nitrogens is 1. The first-order valence-electron chi connectivity index (χ1n) is 9.64. The summed E-state index contributed by atoms with van der Waals surface area (Å²) in [5.41, 5.74) is 2.37. The molecule has 0 fully saturated rings. The minimum absolute atomic E-state index is 0.0156. The highest BCUT2D eigenvalue weighted by Crippen LogP contribution is 2.38. The molecule has 2 heterocycles. The number of fused-ring (bicyclic) bond motifs is 1. The van der Waals surface area contributed by atoms with Crippen LogP contribution in [0.2, 0.25) is 0 Å². The molecule has 4 rings (SSSR count). The second-order valence-corrected chi connectivity index (χ2v) is 9.67. The number of carboxylic acid groups (broad SMARTS) is 1. The van der Waals surface area contributed by atoms with Gasteiger partial charge in [0.25, 0.3) is 0 Å². The SMILES string of the molecule is Cc1c(S(=O)(=O)Oc2ccc(CS(=O)O)cc2)c2c(-c3ccoc3)cccc2n1CC(=O)O. The zero-order chi connectivity index (χ0) is 23.8. The molecule has 0 spiro atoms. The maximum atomic E-state index is 13.4. The number of hydrogen-bond acceptors (Lipinski definition) is 6. The van der Waals surface area contributed by atoms with Gasteiger partial charge in [-0.1, -0.05) is 24.3 Å². The fraction of sp³-hybridized carbons (Fsp3) is 0.136. The van der Waals surface area contributed by atoms with Crippen LogP contribution in [0, 0.1) is 6.92 Å². The predicted molar refractivity (Wildman–Crippen MR) is 121 cm³/mol. The molecule has 9 nitrogen and oxygen atoms in total. The van der Waals surface area contributed by atoms with E-state index in [0.29, 0.717) is 27.6 Å². The van der Waals surface area contributed by atoms with Crippen molar-refractivity contribution in [1.82, 2.24) is 4.57 Å². The zero-order valence-corrected chi connectivity index (χ0v) is 18.9. The van der Waals surface area contributed by atoms with Gasteiger partial charge in [-0.05, 0) is 42.3 Å². The van der Waals surface area contributed by atoms with Gasteiger partial charge in [0.05, 0.1) is 23.8 Å². The number of aliphatic carboxylic acids is 1. The molecule has 11 heteroatoms. The van der Waals surface area contributed by atoms with E-state index in [9.17, 15) is 22.5 Å². The first kappa shape index (κ1) is 22.8. The molecule has 0 amide bonds. The average molecular weight is 490 g/mol. The van der Waals surface area contributed by atoms with Gasteiger partial charge in [0, 0.05) is 16.6 Å². The summed E-state index contributed by atoms with van der Waals surface area (Å²) in [7, 11) is -4.39. The van der Waals surface area contributed by atoms with E-state index in [-0.39, 0.29) is 22.1 Å². The van der Waals surface area contributed by atoms with Gasteiger partial charge in [0.1, 0.15) is 17.2 Å². The van der Waals surface area contributed by atoms with Crippen molar-refractivity contribution in [3.8, 4) is 16.9 Å². The van der Waals surface area contributed by atoms with Gasteiger partial charge in [-0.15, -0.1) is 0 Å². The smallest absolute Gasteiger partial charge is 0.341 e. The van der Waals surface area contributed by atoms with Gasteiger partial charge >= 0.3 is 16.1 Å². The molecule has 0 aliphatic heterocycles. The number of carboxylic acids is 1. The Morgan fingerprint density at radius 1 is 1.15 bits per heavy atom. The van der Waals surface area contributed by atoms with Gasteiger partial charge in [-0.25, -0.2) is 4.21 Å². The fourth-order valence-corrected chi connectivity index (χ4v) is 5.61. The normalized spacial score (nSPS) is 12.7. The number of hydrogen-bond donors (Lipinski definition) is 2. The maximum absolute atomic E-state index is 13.4. The monoisotopic (exact) mass is 489 g/mol. The van der Waals surface area contributed by atoms with Crippen LogP contribution in [-0.2, 0) is 38.3 Å². The average Bonchev–Trinajstić information content (AvgIpc) is 3.36. The Labute approximate surface area is 191 Å². The first-order valence-corrected chi connectivity index (χ1v) is 12.3. The minimum Gasteiger partial charge on any atom is -0.480 e. The molecule has 1 atom stereocenters. The Morgan fingerprint density at radius 3 is 2.48 bits per heavy atom. The Morgan fingerprint density at radius 2 is 1.88 bits per heavy atom. The van der Waals surface area contributed by atoms with Gasteiger partial charge in [-0.2, -0.15) is 8.42 Å². The van der Waals surface area contributed by atoms with E-state index < -0.39 is 33.7 Å². The summed E-state index contributed by atoms with van der Waals surface area (Å²) in [4.78, 5) is 11.3. The lowest BCUT2D eigenvalue weighted by molar-refractivity contribution is -0.137. The second kappa shape index (κ2) is 8.85. The van der Waals surface area contributed by atoms with E-state index in [1.165, 1.54) is 48.3 Å². The van der Waals surface area contributed by atoms with Crippen LogP contribution in [0.5, 0.6) is 5.75 Å². The Balaban J connectivity index is 1.87. The van der Waals surface area contributed by atoms with Crippen molar-refractivity contribution in [1.29, 1.82) is 0 Å². The molecule has 2 aromatic carbocycles. The van der Waals surface area contributed by atoms with Crippen LogP contribution in [0.25, 0.3) is 22.0 Å². The highest BCUT2D eigenvalue weighted by Gasteiger charge is 2.30. The van der Waals surface area contributed by atoms with Crippen molar-refractivity contribution in [2.45, 2.75) is 24.1 Å². The van der Waals surface area contributed by atoms with Crippen LogP contribution < -0.4 is 4.18 Å². The number of benzene rings is 2. The van der Waals surface area contributed by atoms with Gasteiger partial charge in [0.15, 0.2) is 11.1 Å². The van der Waals surface area contributed by atoms with Crippen LogP contribution >= 0.6 is 0 Å². The third-order valence-corrected chi connectivity index (χ3v) is 7.08. The van der Waals surface area contributed by atoms with Crippen LogP contribution in [0.3, 0.4) is 0 Å². The molecule has 2 N–H and O–H groups in total. The highest BCUT2D eigenvalue weighted by molar-refractivity contribution is 7.87. The topological polar surface area (TPSA) is 136 Å². The highest BCUT2D eigenvalue weighted by atomic mass is 32.2. The molecule has 1 unspecified atom stereocenters. The summed E-state index contributed by atoms with van der Waals surface area (Å²) < 4.78 is 58.8. The first-order chi connectivity index (χ1) is 15.7. The van der Waals surface area contributed by atoms with Crippen molar-refractivity contribution < 1.29 is 35.7 Å². The van der Waals surface area contributed by atoms with Crippen LogP contribution in [0.1, 0.15) is 11.3 Å². The van der Waals surface area contributed by atoms with Gasteiger partial charge in [0.2, 0.25) is 0 Å². The number of nitrogens with zero attached hydrogens (tertiary/aromatic N) is 1. The molecule has 4 aromatic rings. The molecule has 2 aromatic heterocycles. The lowest BCUT2D eigenvalue weighted by Gasteiger charge is -2.10. The van der Waals surface area contributed by atoms with Crippen LogP contribution in [-0.4, -0.2) is 32.8 Å². The van der Waals surface area contributed by atoms with Crippen LogP contribution in [0.4, 0.5) is 0 Å². The summed E-state index contributed by atoms with van der Waals surface area (Å²) in [6.07, 6.45) is 2.93. The Hall–Kier alpha value is -3.41. The molecular weight excluding hydrogens is 470 g/mol. The molecular formula is C22H19NO8S2. The van der Waals surface area contributed by atoms with Gasteiger partial charge < -0.3 is 22.8 Å². The maximum Gasteiger partial charge on any atom is 0.341 e. The van der Waals surface area contributed by atoms with Crippen molar-refractivity contribution in [2.75, 3.05) is 0 Å². The Kier molecular flexibility index (Phi) is 6.11. The minimum atomic E-state index is -4.39. The van der Waals surface area contributed by atoms with Crippen LogP contribution in [0.15, 0.2) is 70.4 Å². The molecule has 0 radical (unpaired) electrons. The van der Waals surface area contributed by atoms with E-state index >= 15 is 0 Å². The summed E-state index contributed by atoms with van der Waals surface area (Å²) in [5.74, 6) is -1.20. The summed E-state index contributed by atoms with van der Waals surface area (Å²) in [6, 6.07) is 12.5. The molecule has 0 aliphatic carbocycles. The molecule has 0 bridgehead atoms. The summed E-state index contributed by atoms with van der Waals surface area (Å²) in [6.45, 7) is 1.09. The molecule has 33 heavy (non-hydrogen) atoms. The van der Waals surface area contributed by atoms with Crippen molar-refractivity contribution in [3.05, 3.63) is 72.3 Å². The van der Waals surface area contributed by atoms with Crippen molar-refractivity contribution in [2.24, 2.45) is 0 Å². The Bertz CT molecular complexity index is 1450. The number of rotatable bonds is 8.